The zero-order valence-corrected chi connectivity index (χ0v) is 14.2. The number of nitrogens with one attached hydrogen (secondary N) is 1. The molecule has 3 amide bonds. The number of carbonyl (C=O) groups excluding carboxylic acids is 3. The first-order valence-electron chi connectivity index (χ1n) is 7.63. The van der Waals surface area contributed by atoms with Gasteiger partial charge in [0.15, 0.2) is 0 Å². The largest absolute Gasteiger partial charge is 0.348 e. The molecular weight excluding hydrogens is 326 g/mol. The zero-order chi connectivity index (χ0) is 17.3. The van der Waals surface area contributed by atoms with Gasteiger partial charge in [0.05, 0.1) is 23.4 Å². The maximum atomic E-state index is 12.2. The summed E-state index contributed by atoms with van der Waals surface area (Å²) >= 11 is 1.48. The maximum absolute atomic E-state index is 12.2. The fraction of sp³-hybridized carbons (Fsp3) is 0.294. The van der Waals surface area contributed by atoms with Crippen molar-refractivity contribution in [1.29, 1.82) is 0 Å². The summed E-state index contributed by atoms with van der Waals surface area (Å²) < 4.78 is 0. The highest BCUT2D eigenvalue weighted by atomic mass is 32.1. The molecule has 0 atom stereocenters. The summed E-state index contributed by atoms with van der Waals surface area (Å²) in [4.78, 5) is 41.9. The molecular formula is C17H17N3O3S. The Bertz CT molecular complexity index is 778. The summed E-state index contributed by atoms with van der Waals surface area (Å²) in [6, 6.07) is 6.58. The molecule has 0 saturated carbocycles. The first-order chi connectivity index (χ1) is 11.5. The maximum Gasteiger partial charge on any atom is 0.262 e. The van der Waals surface area contributed by atoms with Gasteiger partial charge in [-0.1, -0.05) is 26.0 Å². The molecule has 1 N–H and O–H groups in total. The molecule has 2 aromatic rings. The first kappa shape index (κ1) is 16.3. The molecule has 7 heteroatoms. The topological polar surface area (TPSA) is 79.4 Å². The van der Waals surface area contributed by atoms with Gasteiger partial charge < -0.3 is 5.32 Å². The van der Waals surface area contributed by atoms with Gasteiger partial charge in [0, 0.05) is 5.38 Å². The van der Waals surface area contributed by atoms with Gasteiger partial charge in [-0.15, -0.1) is 11.3 Å². The highest BCUT2D eigenvalue weighted by Crippen LogP contribution is 2.22. The van der Waals surface area contributed by atoms with Crippen molar-refractivity contribution in [2.24, 2.45) is 0 Å². The fourth-order valence-electron chi connectivity index (χ4n) is 2.43. The number of hydrogen-bond acceptors (Lipinski definition) is 5. The Balaban J connectivity index is 1.59. The Kier molecular flexibility index (Phi) is 4.44. The number of carbonyl (C=O) groups is 3. The van der Waals surface area contributed by atoms with E-state index in [-0.39, 0.29) is 12.5 Å². The average Bonchev–Trinajstić information content (AvgIpc) is 3.13. The van der Waals surface area contributed by atoms with E-state index >= 15 is 0 Å². The number of benzene rings is 1. The van der Waals surface area contributed by atoms with Crippen molar-refractivity contribution in [1.82, 2.24) is 15.2 Å². The Morgan fingerprint density at radius 1 is 1.21 bits per heavy atom. The minimum atomic E-state index is -0.429. The Morgan fingerprint density at radius 3 is 2.38 bits per heavy atom. The van der Waals surface area contributed by atoms with E-state index in [4.69, 9.17) is 0 Å². The summed E-state index contributed by atoms with van der Waals surface area (Å²) in [6.07, 6.45) is 0. The second kappa shape index (κ2) is 6.52. The van der Waals surface area contributed by atoms with Crippen LogP contribution >= 0.6 is 11.3 Å². The summed E-state index contributed by atoms with van der Waals surface area (Å²) in [5.41, 5.74) is 1.68. The van der Waals surface area contributed by atoms with E-state index in [1.807, 2.05) is 5.38 Å². The molecule has 24 heavy (non-hydrogen) atoms. The number of thiazole rings is 1. The molecule has 0 unspecified atom stereocenters. The van der Waals surface area contributed by atoms with Gasteiger partial charge in [0.1, 0.15) is 11.6 Å². The lowest BCUT2D eigenvalue weighted by atomic mass is 10.1. The molecule has 1 aliphatic rings. The number of nitrogens with zero attached hydrogens (tertiary/aromatic N) is 2. The second-order valence-corrected chi connectivity index (χ2v) is 6.78. The molecule has 0 aliphatic carbocycles. The van der Waals surface area contributed by atoms with Crippen LogP contribution in [0.15, 0.2) is 29.6 Å². The Morgan fingerprint density at radius 2 is 1.83 bits per heavy atom. The van der Waals surface area contributed by atoms with E-state index in [2.05, 4.69) is 24.1 Å². The minimum absolute atomic E-state index is 0.283. The van der Waals surface area contributed by atoms with Crippen molar-refractivity contribution in [2.75, 3.05) is 6.54 Å². The van der Waals surface area contributed by atoms with Crippen LogP contribution < -0.4 is 5.32 Å². The summed E-state index contributed by atoms with van der Waals surface area (Å²) in [5, 5.41) is 5.48. The van der Waals surface area contributed by atoms with Crippen molar-refractivity contribution in [3.8, 4) is 0 Å². The first-order valence-corrected chi connectivity index (χ1v) is 8.51. The molecule has 1 aliphatic heterocycles. The van der Waals surface area contributed by atoms with Crippen LogP contribution in [0.2, 0.25) is 0 Å². The lowest BCUT2D eigenvalue weighted by Gasteiger charge is -2.13. The predicted octanol–water partition coefficient (Wildman–Crippen LogP) is 2.18. The molecule has 6 nitrogen and oxygen atoms in total. The van der Waals surface area contributed by atoms with Gasteiger partial charge in [0.2, 0.25) is 5.91 Å². The van der Waals surface area contributed by atoms with Gasteiger partial charge in [-0.25, -0.2) is 4.98 Å². The van der Waals surface area contributed by atoms with Gasteiger partial charge in [-0.3, -0.25) is 19.3 Å². The molecule has 2 heterocycles. The Labute approximate surface area is 143 Å². The molecule has 1 aromatic heterocycles. The van der Waals surface area contributed by atoms with Crippen molar-refractivity contribution >= 4 is 29.1 Å². The smallest absolute Gasteiger partial charge is 0.262 e. The molecule has 0 fully saturated rings. The van der Waals surface area contributed by atoms with Crippen molar-refractivity contribution in [3.05, 3.63) is 51.5 Å². The van der Waals surface area contributed by atoms with Gasteiger partial charge in [-0.05, 0) is 18.1 Å². The average molecular weight is 343 g/mol. The third kappa shape index (κ3) is 3.07. The van der Waals surface area contributed by atoms with Crippen LogP contribution in [0, 0.1) is 0 Å². The van der Waals surface area contributed by atoms with E-state index in [9.17, 15) is 14.4 Å². The summed E-state index contributed by atoms with van der Waals surface area (Å²) in [6.45, 7) is 4.12. The van der Waals surface area contributed by atoms with Crippen LogP contribution in [-0.4, -0.2) is 34.2 Å². The van der Waals surface area contributed by atoms with Crippen LogP contribution in [0.5, 0.6) is 0 Å². The lowest BCUT2D eigenvalue weighted by Crippen LogP contribution is -2.40. The molecule has 0 spiro atoms. The van der Waals surface area contributed by atoms with Crippen LogP contribution in [-0.2, 0) is 11.3 Å². The predicted molar refractivity (Wildman–Crippen MR) is 89.9 cm³/mol. The number of rotatable bonds is 5. The third-order valence-corrected chi connectivity index (χ3v) is 4.64. The highest BCUT2D eigenvalue weighted by Gasteiger charge is 2.36. The van der Waals surface area contributed by atoms with E-state index in [0.717, 1.165) is 15.6 Å². The summed E-state index contributed by atoms with van der Waals surface area (Å²) in [7, 11) is 0. The van der Waals surface area contributed by atoms with Crippen LogP contribution in [0.25, 0.3) is 0 Å². The number of hydrogen-bond donors (Lipinski definition) is 1. The number of amides is 3. The quantitative estimate of drug-likeness (QED) is 0.844. The molecule has 1 aromatic carbocycles. The van der Waals surface area contributed by atoms with E-state index in [0.29, 0.717) is 23.6 Å². The van der Waals surface area contributed by atoms with Crippen LogP contribution in [0.1, 0.15) is 51.2 Å². The molecule has 3 rings (SSSR count). The molecule has 124 valence electrons. The monoisotopic (exact) mass is 343 g/mol. The Hall–Kier alpha value is -2.54. The van der Waals surface area contributed by atoms with Crippen molar-refractivity contribution in [3.63, 3.8) is 0 Å². The van der Waals surface area contributed by atoms with Crippen LogP contribution in [0.4, 0.5) is 0 Å². The summed E-state index contributed by atoms with van der Waals surface area (Å²) in [5.74, 6) is -0.904. The minimum Gasteiger partial charge on any atom is -0.348 e. The van der Waals surface area contributed by atoms with Gasteiger partial charge in [-0.2, -0.15) is 0 Å². The zero-order valence-electron chi connectivity index (χ0n) is 13.4. The molecule has 0 saturated heterocycles. The second-order valence-electron chi connectivity index (χ2n) is 5.84. The molecule has 0 radical (unpaired) electrons. The van der Waals surface area contributed by atoms with Crippen LogP contribution in [0.3, 0.4) is 0 Å². The highest BCUT2D eigenvalue weighted by molar-refractivity contribution is 7.09. The van der Waals surface area contributed by atoms with Crippen molar-refractivity contribution in [2.45, 2.75) is 26.3 Å². The standard InChI is InChI=1S/C17H17N3O3S/c1-10(2)13-9-24-15(19-13)7-18-14(21)8-20-16(22)11-5-3-4-6-12(11)17(20)23/h3-6,9-10H,7-8H2,1-2H3,(H,18,21). The lowest BCUT2D eigenvalue weighted by molar-refractivity contribution is -0.121. The third-order valence-electron chi connectivity index (χ3n) is 3.78. The fourth-order valence-corrected chi connectivity index (χ4v) is 3.32. The van der Waals surface area contributed by atoms with Crippen molar-refractivity contribution < 1.29 is 14.4 Å². The normalized spacial score (nSPS) is 13.5. The number of aromatic nitrogens is 1. The van der Waals surface area contributed by atoms with Gasteiger partial charge in [0.25, 0.3) is 11.8 Å². The van der Waals surface area contributed by atoms with E-state index in [1.165, 1.54) is 11.3 Å². The SMILES string of the molecule is CC(C)c1csc(CNC(=O)CN2C(=O)c3ccccc3C2=O)n1. The van der Waals surface area contributed by atoms with E-state index < -0.39 is 11.8 Å². The number of imide groups is 1. The van der Waals surface area contributed by atoms with E-state index in [1.54, 1.807) is 24.3 Å². The number of fused-ring (bicyclic) bond motifs is 1. The van der Waals surface area contributed by atoms with Gasteiger partial charge >= 0.3 is 0 Å². The molecule has 0 bridgehead atoms.